The Kier molecular flexibility index (Phi) is 2.47. The molecule has 0 atom stereocenters. The van der Waals surface area contributed by atoms with Crippen molar-refractivity contribution in [3.63, 3.8) is 0 Å². The first-order chi connectivity index (χ1) is 5.20. The lowest BCUT2D eigenvalue weighted by Crippen LogP contribution is -2.29. The lowest BCUT2D eigenvalue weighted by atomic mass is 10.3. The Morgan fingerprint density at radius 2 is 2.18 bits per heavy atom. The van der Waals surface area contributed by atoms with E-state index in [1.165, 1.54) is 0 Å². The van der Waals surface area contributed by atoms with Crippen LogP contribution in [0.25, 0.3) is 0 Å². The van der Waals surface area contributed by atoms with Gasteiger partial charge in [0.05, 0.1) is 6.54 Å². The van der Waals surface area contributed by atoms with Crippen LogP contribution in [0.5, 0.6) is 0 Å². The summed E-state index contributed by atoms with van der Waals surface area (Å²) in [6, 6.07) is 0.398. The van der Waals surface area contributed by atoms with Gasteiger partial charge in [0.1, 0.15) is 0 Å². The van der Waals surface area contributed by atoms with Crippen molar-refractivity contribution >= 4 is 5.78 Å². The summed E-state index contributed by atoms with van der Waals surface area (Å²) in [5.74, 6) is 0.170. The topological polar surface area (TPSA) is 20.3 Å². The third-order valence-corrected chi connectivity index (χ3v) is 1.67. The molecule has 1 heterocycles. The van der Waals surface area contributed by atoms with Gasteiger partial charge in [-0.3, -0.25) is 4.79 Å². The van der Waals surface area contributed by atoms with E-state index in [0.717, 1.165) is 0 Å². The van der Waals surface area contributed by atoms with Gasteiger partial charge in [0.25, 0.3) is 0 Å². The largest absolute Gasteiger partial charge is 0.367 e. The molecule has 0 aromatic carbocycles. The van der Waals surface area contributed by atoms with E-state index in [0.29, 0.717) is 12.6 Å². The number of rotatable bonds is 1. The monoisotopic (exact) mass is 151 g/mol. The molecule has 0 aromatic rings. The van der Waals surface area contributed by atoms with E-state index >= 15 is 0 Å². The van der Waals surface area contributed by atoms with Gasteiger partial charge in [-0.1, -0.05) is 6.08 Å². The molecule has 1 aliphatic heterocycles. The van der Waals surface area contributed by atoms with Crippen LogP contribution < -0.4 is 0 Å². The Bertz CT molecular complexity index is 204. The summed E-state index contributed by atoms with van der Waals surface area (Å²) < 4.78 is 0. The average Bonchev–Trinajstić information content (AvgIpc) is 2.13. The molecule has 60 valence electrons. The highest BCUT2D eigenvalue weighted by atomic mass is 16.1. The summed E-state index contributed by atoms with van der Waals surface area (Å²) in [6.07, 6.45) is 7.24. The van der Waals surface area contributed by atoms with Crippen molar-refractivity contribution in [1.82, 2.24) is 4.90 Å². The Labute approximate surface area is 67.2 Å². The van der Waals surface area contributed by atoms with Gasteiger partial charge in [-0.25, -0.2) is 0 Å². The van der Waals surface area contributed by atoms with Gasteiger partial charge in [-0.05, 0) is 32.2 Å². The van der Waals surface area contributed by atoms with Gasteiger partial charge in [0.15, 0.2) is 5.78 Å². The molecule has 0 aliphatic carbocycles. The molecule has 11 heavy (non-hydrogen) atoms. The lowest BCUT2D eigenvalue weighted by molar-refractivity contribution is -0.115. The summed E-state index contributed by atoms with van der Waals surface area (Å²) in [7, 11) is 0. The molecule has 0 amide bonds. The molecule has 1 aliphatic rings. The van der Waals surface area contributed by atoms with Gasteiger partial charge in [0, 0.05) is 6.04 Å². The second-order valence-corrected chi connectivity index (χ2v) is 2.93. The molecule has 0 spiro atoms. The molecule has 2 heteroatoms. The summed E-state index contributed by atoms with van der Waals surface area (Å²) in [5.41, 5.74) is 0. The lowest BCUT2D eigenvalue weighted by Gasteiger charge is -2.22. The first kappa shape index (κ1) is 8.05. The highest BCUT2D eigenvalue weighted by Crippen LogP contribution is 2.02. The summed E-state index contributed by atoms with van der Waals surface area (Å²) in [6.45, 7) is 4.65. The third kappa shape index (κ3) is 2.22. The minimum absolute atomic E-state index is 0.170. The van der Waals surface area contributed by atoms with Crippen LogP contribution in [0.3, 0.4) is 0 Å². The number of carbonyl (C=O) groups excluding carboxylic acids is 1. The maximum Gasteiger partial charge on any atom is 0.174 e. The average molecular weight is 151 g/mol. The summed E-state index contributed by atoms with van der Waals surface area (Å²) in [4.78, 5) is 13.0. The fraction of sp³-hybridized carbons (Fsp3) is 0.444. The summed E-state index contributed by atoms with van der Waals surface area (Å²) >= 11 is 0. The number of hydrogen-bond donors (Lipinski definition) is 0. The maximum atomic E-state index is 11.0. The Hall–Kier alpha value is -1.05. The molecule has 1 rings (SSSR count). The third-order valence-electron chi connectivity index (χ3n) is 1.67. The van der Waals surface area contributed by atoms with Gasteiger partial charge in [0.2, 0.25) is 0 Å². The molecule has 2 nitrogen and oxygen atoms in total. The van der Waals surface area contributed by atoms with Crippen LogP contribution in [0.2, 0.25) is 0 Å². The van der Waals surface area contributed by atoms with E-state index in [4.69, 9.17) is 0 Å². The van der Waals surface area contributed by atoms with Crippen LogP contribution in [0.4, 0.5) is 0 Å². The minimum Gasteiger partial charge on any atom is -0.367 e. The van der Waals surface area contributed by atoms with Gasteiger partial charge in [-0.2, -0.15) is 0 Å². The van der Waals surface area contributed by atoms with Crippen molar-refractivity contribution in [3.8, 4) is 0 Å². The predicted octanol–water partition coefficient (Wildman–Crippen LogP) is 1.35. The normalized spacial score (nSPS) is 17.7. The first-order valence-corrected chi connectivity index (χ1v) is 3.83. The zero-order valence-corrected chi connectivity index (χ0v) is 6.95. The van der Waals surface area contributed by atoms with Crippen LogP contribution in [-0.2, 0) is 4.79 Å². The van der Waals surface area contributed by atoms with Crippen LogP contribution in [-0.4, -0.2) is 23.3 Å². The van der Waals surface area contributed by atoms with E-state index in [9.17, 15) is 4.79 Å². The zero-order chi connectivity index (χ0) is 8.27. The van der Waals surface area contributed by atoms with Crippen molar-refractivity contribution in [3.05, 3.63) is 24.4 Å². The van der Waals surface area contributed by atoms with E-state index in [1.54, 1.807) is 12.2 Å². The molecule has 0 saturated heterocycles. The molecule has 0 aromatic heterocycles. The fourth-order valence-electron chi connectivity index (χ4n) is 0.963. The molecule has 0 saturated carbocycles. The van der Waals surface area contributed by atoms with E-state index in [1.807, 2.05) is 17.2 Å². The number of allylic oxidation sites excluding steroid dienone is 2. The van der Waals surface area contributed by atoms with Gasteiger partial charge >= 0.3 is 0 Å². The van der Waals surface area contributed by atoms with Crippen molar-refractivity contribution < 1.29 is 4.79 Å². The van der Waals surface area contributed by atoms with Crippen molar-refractivity contribution in [2.45, 2.75) is 19.9 Å². The highest BCUT2D eigenvalue weighted by Gasteiger charge is 2.08. The van der Waals surface area contributed by atoms with Crippen LogP contribution in [0.1, 0.15) is 13.8 Å². The zero-order valence-electron chi connectivity index (χ0n) is 6.95. The van der Waals surface area contributed by atoms with Crippen LogP contribution >= 0.6 is 0 Å². The molecule has 0 fully saturated rings. The first-order valence-electron chi connectivity index (χ1n) is 3.83. The second kappa shape index (κ2) is 3.37. The van der Waals surface area contributed by atoms with E-state index in [-0.39, 0.29) is 5.78 Å². The van der Waals surface area contributed by atoms with Crippen molar-refractivity contribution in [1.29, 1.82) is 0 Å². The van der Waals surface area contributed by atoms with Crippen LogP contribution in [0.15, 0.2) is 24.4 Å². The van der Waals surface area contributed by atoms with Crippen molar-refractivity contribution in [2.75, 3.05) is 6.54 Å². The van der Waals surface area contributed by atoms with E-state index in [2.05, 4.69) is 13.8 Å². The van der Waals surface area contributed by atoms with Crippen LogP contribution in [0, 0.1) is 0 Å². The molecular weight excluding hydrogens is 138 g/mol. The van der Waals surface area contributed by atoms with E-state index < -0.39 is 0 Å². The Balaban J connectivity index is 2.64. The molecular formula is C9H13NO. The molecule has 0 N–H and O–H groups in total. The van der Waals surface area contributed by atoms with Gasteiger partial charge in [-0.15, -0.1) is 0 Å². The SMILES string of the molecule is CC(C)N1C=CC=CC(=O)C1. The fourth-order valence-corrected chi connectivity index (χ4v) is 0.963. The van der Waals surface area contributed by atoms with Crippen molar-refractivity contribution in [2.24, 2.45) is 0 Å². The Morgan fingerprint density at radius 3 is 2.82 bits per heavy atom. The predicted molar refractivity (Wildman–Crippen MR) is 45.1 cm³/mol. The standard InChI is InChI=1S/C9H13NO/c1-8(2)10-6-4-3-5-9(11)7-10/h3-6,8H,7H2,1-2H3. The summed E-state index contributed by atoms with van der Waals surface area (Å²) in [5, 5.41) is 0. The maximum absolute atomic E-state index is 11.0. The molecule has 0 unspecified atom stereocenters. The van der Waals surface area contributed by atoms with Gasteiger partial charge < -0.3 is 4.90 Å². The molecule has 0 radical (unpaired) electrons. The second-order valence-electron chi connectivity index (χ2n) is 2.93. The number of nitrogens with zero attached hydrogens (tertiary/aromatic N) is 1. The number of hydrogen-bond acceptors (Lipinski definition) is 2. The Morgan fingerprint density at radius 1 is 1.45 bits per heavy atom. The number of carbonyl (C=O) groups is 1. The molecule has 0 bridgehead atoms. The quantitative estimate of drug-likeness (QED) is 0.563. The highest BCUT2D eigenvalue weighted by molar-refractivity contribution is 5.92. The number of ketones is 1. The minimum atomic E-state index is 0.170. The smallest absolute Gasteiger partial charge is 0.174 e.